The van der Waals surface area contributed by atoms with Crippen molar-refractivity contribution < 1.29 is 33.3 Å². The van der Waals surface area contributed by atoms with Crippen molar-refractivity contribution in [1.29, 1.82) is 0 Å². The quantitative estimate of drug-likeness (QED) is 0.386. The van der Waals surface area contributed by atoms with Gasteiger partial charge in [-0.25, -0.2) is 4.39 Å². The molecule has 0 aromatic heterocycles. The van der Waals surface area contributed by atoms with E-state index in [2.05, 4.69) is 0 Å². The van der Waals surface area contributed by atoms with Crippen LogP contribution in [0.3, 0.4) is 0 Å². The maximum atomic E-state index is 15.0. The van der Waals surface area contributed by atoms with Crippen molar-refractivity contribution >= 4 is 17.6 Å². The normalized spacial score (nSPS) is 19.7. The molecule has 2 atom stereocenters. The van der Waals surface area contributed by atoms with Crippen molar-refractivity contribution in [3.8, 4) is 23.0 Å². The standard InChI is InChI=1S/C30H28FNO6/c31-24-11-13-25(37-20-6-4-19(5-7-20)32-15-1-2-28(32)33)23-10-12-26(30(23)24)38-21-8-9-22-18(3-14-29(34)35)17-36-27(22)16-21/h4-9,11,13,16,18,26H,1-3,10,12,14-15,17H2,(H,34,35)/t18-,26-/m1/s1. The number of halogens is 1. The zero-order valence-corrected chi connectivity index (χ0v) is 20.8. The Kier molecular flexibility index (Phi) is 6.39. The molecule has 0 spiro atoms. The molecule has 196 valence electrons. The van der Waals surface area contributed by atoms with Crippen LogP contribution in [0, 0.1) is 5.82 Å². The molecule has 2 heterocycles. The van der Waals surface area contributed by atoms with E-state index in [1.54, 1.807) is 17.0 Å². The lowest BCUT2D eigenvalue weighted by Crippen LogP contribution is -2.23. The predicted molar refractivity (Wildman–Crippen MR) is 138 cm³/mol. The van der Waals surface area contributed by atoms with Crippen LogP contribution in [0.4, 0.5) is 10.1 Å². The number of aliphatic carboxylic acids is 1. The molecule has 1 N–H and O–H groups in total. The summed E-state index contributed by atoms with van der Waals surface area (Å²) in [5.74, 6) is 1.51. The number of ether oxygens (including phenoxy) is 3. The van der Waals surface area contributed by atoms with E-state index >= 15 is 0 Å². The molecule has 6 rings (SSSR count). The highest BCUT2D eigenvalue weighted by Crippen LogP contribution is 2.44. The van der Waals surface area contributed by atoms with Crippen LogP contribution < -0.4 is 19.1 Å². The Morgan fingerprint density at radius 2 is 1.89 bits per heavy atom. The largest absolute Gasteiger partial charge is 0.493 e. The van der Waals surface area contributed by atoms with Gasteiger partial charge in [-0.15, -0.1) is 0 Å². The van der Waals surface area contributed by atoms with Crippen LogP contribution in [-0.2, 0) is 16.0 Å². The number of anilines is 1. The van der Waals surface area contributed by atoms with Crippen molar-refractivity contribution in [3.05, 3.63) is 77.1 Å². The summed E-state index contributed by atoms with van der Waals surface area (Å²) in [6, 6.07) is 16.0. The number of carboxylic acid groups (broad SMARTS) is 1. The molecular weight excluding hydrogens is 489 g/mol. The molecule has 1 fully saturated rings. The first-order chi connectivity index (χ1) is 18.5. The second kappa shape index (κ2) is 10.0. The van der Waals surface area contributed by atoms with Crippen molar-refractivity contribution in [3.63, 3.8) is 0 Å². The number of nitrogens with zero attached hydrogens (tertiary/aromatic N) is 1. The Balaban J connectivity index is 1.17. The molecule has 0 radical (unpaired) electrons. The third-order valence-electron chi connectivity index (χ3n) is 7.54. The highest BCUT2D eigenvalue weighted by molar-refractivity contribution is 5.95. The SMILES string of the molecule is O=C(O)CC[C@@H]1COc2cc(O[C@@H]3CCc4c(Oc5ccc(N6CCCC6=O)cc5)ccc(F)c43)ccc21. The number of carbonyl (C=O) groups excluding carboxylic acids is 1. The third kappa shape index (κ3) is 4.66. The van der Waals surface area contributed by atoms with Crippen LogP contribution in [0.2, 0.25) is 0 Å². The first kappa shape index (κ1) is 24.3. The summed E-state index contributed by atoms with van der Waals surface area (Å²) in [6.45, 7) is 1.18. The highest BCUT2D eigenvalue weighted by atomic mass is 19.1. The van der Waals surface area contributed by atoms with Crippen LogP contribution in [-0.4, -0.2) is 30.1 Å². The number of amides is 1. The molecule has 3 aliphatic rings. The first-order valence-electron chi connectivity index (χ1n) is 13.0. The summed E-state index contributed by atoms with van der Waals surface area (Å²) in [5, 5.41) is 8.98. The number of rotatable bonds is 8. The Bertz CT molecular complexity index is 1390. The van der Waals surface area contributed by atoms with Gasteiger partial charge in [0.25, 0.3) is 0 Å². The molecule has 0 unspecified atom stereocenters. The zero-order chi connectivity index (χ0) is 26.2. The molecule has 8 heteroatoms. The van der Waals surface area contributed by atoms with Gasteiger partial charge in [0.2, 0.25) is 5.91 Å². The Hall–Kier alpha value is -4.07. The van der Waals surface area contributed by atoms with E-state index in [-0.39, 0.29) is 24.1 Å². The molecule has 7 nitrogen and oxygen atoms in total. The van der Waals surface area contributed by atoms with E-state index in [0.717, 1.165) is 29.8 Å². The van der Waals surface area contributed by atoms with E-state index < -0.39 is 12.1 Å². The second-order valence-electron chi connectivity index (χ2n) is 9.97. The lowest BCUT2D eigenvalue weighted by Gasteiger charge is -2.18. The minimum Gasteiger partial charge on any atom is -0.493 e. The van der Waals surface area contributed by atoms with Crippen molar-refractivity contribution in [2.45, 2.75) is 50.5 Å². The summed E-state index contributed by atoms with van der Waals surface area (Å²) < 4.78 is 33.2. The second-order valence-corrected chi connectivity index (χ2v) is 9.97. The Labute approximate surface area is 219 Å². The van der Waals surface area contributed by atoms with Gasteiger partial charge in [-0.1, -0.05) is 6.07 Å². The number of carbonyl (C=O) groups is 2. The fraction of sp³-hybridized carbons (Fsp3) is 0.333. The molecule has 0 bridgehead atoms. The van der Waals surface area contributed by atoms with Crippen LogP contribution in [0.25, 0.3) is 0 Å². The van der Waals surface area contributed by atoms with E-state index in [9.17, 15) is 14.0 Å². The van der Waals surface area contributed by atoms with E-state index in [0.29, 0.717) is 60.9 Å². The van der Waals surface area contributed by atoms with Gasteiger partial charge in [0.05, 0.1) is 6.61 Å². The van der Waals surface area contributed by atoms with Gasteiger partial charge in [-0.05, 0) is 68.1 Å². The summed E-state index contributed by atoms with van der Waals surface area (Å²) in [7, 11) is 0. The van der Waals surface area contributed by atoms with Gasteiger partial charge >= 0.3 is 5.97 Å². The van der Waals surface area contributed by atoms with Crippen molar-refractivity contribution in [1.82, 2.24) is 0 Å². The van der Waals surface area contributed by atoms with Crippen LogP contribution in [0.15, 0.2) is 54.6 Å². The van der Waals surface area contributed by atoms with Gasteiger partial charge in [0.1, 0.15) is 34.9 Å². The highest BCUT2D eigenvalue weighted by Gasteiger charge is 2.32. The monoisotopic (exact) mass is 517 g/mol. The first-order valence-corrected chi connectivity index (χ1v) is 13.0. The Morgan fingerprint density at radius 1 is 1.08 bits per heavy atom. The zero-order valence-electron chi connectivity index (χ0n) is 20.8. The maximum absolute atomic E-state index is 15.0. The van der Waals surface area contributed by atoms with E-state index in [1.807, 2.05) is 36.4 Å². The lowest BCUT2D eigenvalue weighted by molar-refractivity contribution is -0.137. The van der Waals surface area contributed by atoms with Crippen molar-refractivity contribution in [2.24, 2.45) is 0 Å². The number of carboxylic acids is 1. The number of hydrogen-bond donors (Lipinski definition) is 1. The molecule has 2 aliphatic heterocycles. The third-order valence-corrected chi connectivity index (χ3v) is 7.54. The molecule has 0 saturated carbocycles. The molecule has 3 aromatic rings. The van der Waals surface area contributed by atoms with Gasteiger partial charge < -0.3 is 24.2 Å². The average Bonchev–Trinajstić information content (AvgIpc) is 3.64. The smallest absolute Gasteiger partial charge is 0.303 e. The van der Waals surface area contributed by atoms with Crippen LogP contribution in [0.1, 0.15) is 60.8 Å². The van der Waals surface area contributed by atoms with Gasteiger partial charge in [0.15, 0.2) is 0 Å². The molecule has 1 saturated heterocycles. The molecule has 38 heavy (non-hydrogen) atoms. The maximum Gasteiger partial charge on any atom is 0.303 e. The van der Waals surface area contributed by atoms with Crippen molar-refractivity contribution in [2.75, 3.05) is 18.1 Å². The average molecular weight is 518 g/mol. The predicted octanol–water partition coefficient (Wildman–Crippen LogP) is 6.15. The number of benzene rings is 3. The molecule has 1 amide bonds. The fourth-order valence-corrected chi connectivity index (χ4v) is 5.63. The van der Waals surface area contributed by atoms with Crippen LogP contribution in [0.5, 0.6) is 23.0 Å². The fourth-order valence-electron chi connectivity index (χ4n) is 5.63. The number of fused-ring (bicyclic) bond motifs is 2. The Morgan fingerprint density at radius 3 is 2.66 bits per heavy atom. The molecular formula is C30H28FNO6. The molecule has 1 aliphatic carbocycles. The molecule has 3 aromatic carbocycles. The summed E-state index contributed by atoms with van der Waals surface area (Å²) >= 11 is 0. The minimum absolute atomic E-state index is 0.0458. The van der Waals surface area contributed by atoms with Gasteiger partial charge in [0, 0.05) is 53.7 Å². The lowest BCUT2D eigenvalue weighted by atomic mass is 9.96. The summed E-state index contributed by atoms with van der Waals surface area (Å²) in [4.78, 5) is 24.7. The topological polar surface area (TPSA) is 85.3 Å². The van der Waals surface area contributed by atoms with E-state index in [1.165, 1.54) is 6.07 Å². The van der Waals surface area contributed by atoms with Crippen LogP contribution >= 0.6 is 0 Å². The van der Waals surface area contributed by atoms with E-state index in [4.69, 9.17) is 19.3 Å². The minimum atomic E-state index is -0.820. The van der Waals surface area contributed by atoms with Gasteiger partial charge in [-0.2, -0.15) is 0 Å². The summed E-state index contributed by atoms with van der Waals surface area (Å²) in [5.41, 5.74) is 3.12. The van der Waals surface area contributed by atoms with Gasteiger partial charge in [-0.3, -0.25) is 9.59 Å². The summed E-state index contributed by atoms with van der Waals surface area (Å²) in [6.07, 6.45) is 2.83. The number of hydrogen-bond acceptors (Lipinski definition) is 5.